The van der Waals surface area contributed by atoms with Gasteiger partial charge in [0.15, 0.2) is 11.5 Å². The second kappa shape index (κ2) is 5.58. The molecule has 0 saturated heterocycles. The van der Waals surface area contributed by atoms with Gasteiger partial charge in [-0.3, -0.25) is 4.79 Å². The summed E-state index contributed by atoms with van der Waals surface area (Å²) in [6, 6.07) is 5.57. The number of hydrogen-bond donors (Lipinski definition) is 0. The molecule has 0 aliphatic carbocycles. The summed E-state index contributed by atoms with van der Waals surface area (Å²) in [5, 5.41) is 1.96. The van der Waals surface area contributed by atoms with Crippen LogP contribution in [0.4, 0.5) is 0 Å². The average Bonchev–Trinajstić information content (AvgIpc) is 2.94. The van der Waals surface area contributed by atoms with Gasteiger partial charge in [0, 0.05) is 10.0 Å². The van der Waals surface area contributed by atoms with Gasteiger partial charge in [-0.15, -0.1) is 11.3 Å². The van der Waals surface area contributed by atoms with Gasteiger partial charge in [-0.1, -0.05) is 6.92 Å². The highest BCUT2D eigenvalue weighted by molar-refractivity contribution is 9.10. The minimum Gasteiger partial charge on any atom is -0.486 e. The van der Waals surface area contributed by atoms with Crippen LogP contribution in [0.15, 0.2) is 28.1 Å². The third kappa shape index (κ3) is 2.36. The second-order valence-corrected chi connectivity index (χ2v) is 6.20. The normalized spacial score (nSPS) is 13.3. The number of ketones is 1. The van der Waals surface area contributed by atoms with Gasteiger partial charge in [0.2, 0.25) is 5.78 Å². The first kappa shape index (κ1) is 13.6. The Balaban J connectivity index is 2.03. The van der Waals surface area contributed by atoms with Crippen molar-refractivity contribution in [1.29, 1.82) is 0 Å². The van der Waals surface area contributed by atoms with Crippen LogP contribution in [0, 0.1) is 0 Å². The lowest BCUT2D eigenvalue weighted by Gasteiger charge is -2.19. The van der Waals surface area contributed by atoms with Gasteiger partial charge in [0.05, 0.1) is 4.88 Å². The van der Waals surface area contributed by atoms with Crippen molar-refractivity contribution < 1.29 is 14.3 Å². The summed E-state index contributed by atoms with van der Waals surface area (Å²) in [6.45, 7) is 3.11. The fourth-order valence-electron chi connectivity index (χ4n) is 2.17. The predicted octanol–water partition coefficient (Wildman–Crippen LogP) is 4.08. The minimum atomic E-state index is 0.0284. The molecule has 20 heavy (non-hydrogen) atoms. The van der Waals surface area contributed by atoms with E-state index in [1.165, 1.54) is 11.3 Å². The van der Waals surface area contributed by atoms with E-state index < -0.39 is 0 Å². The van der Waals surface area contributed by atoms with Gasteiger partial charge in [-0.05, 0) is 51.5 Å². The molecule has 0 fully saturated rings. The van der Waals surface area contributed by atoms with Crippen LogP contribution in [-0.2, 0) is 6.42 Å². The molecule has 0 spiro atoms. The van der Waals surface area contributed by atoms with Crippen molar-refractivity contribution in [3.05, 3.63) is 44.1 Å². The number of carbonyl (C=O) groups excluding carboxylic acids is 1. The molecular weight excluding hydrogens is 340 g/mol. The fourth-order valence-corrected chi connectivity index (χ4v) is 3.63. The first-order valence-corrected chi connectivity index (χ1v) is 8.08. The van der Waals surface area contributed by atoms with Crippen molar-refractivity contribution in [3.63, 3.8) is 0 Å². The highest BCUT2D eigenvalue weighted by atomic mass is 79.9. The zero-order valence-corrected chi connectivity index (χ0v) is 13.3. The van der Waals surface area contributed by atoms with Crippen molar-refractivity contribution in [1.82, 2.24) is 0 Å². The number of fused-ring (bicyclic) bond motifs is 1. The van der Waals surface area contributed by atoms with E-state index in [2.05, 4.69) is 22.9 Å². The van der Waals surface area contributed by atoms with E-state index >= 15 is 0 Å². The highest BCUT2D eigenvalue weighted by Gasteiger charge is 2.21. The number of benzene rings is 1. The maximum absolute atomic E-state index is 12.7. The van der Waals surface area contributed by atoms with Gasteiger partial charge in [-0.25, -0.2) is 0 Å². The van der Waals surface area contributed by atoms with E-state index in [1.54, 1.807) is 12.1 Å². The van der Waals surface area contributed by atoms with Crippen molar-refractivity contribution in [2.75, 3.05) is 13.2 Å². The molecule has 3 nitrogen and oxygen atoms in total. The third-order valence-corrected chi connectivity index (χ3v) is 4.82. The molecule has 0 saturated carbocycles. The van der Waals surface area contributed by atoms with Gasteiger partial charge >= 0.3 is 0 Å². The zero-order chi connectivity index (χ0) is 14.1. The molecule has 1 aromatic carbocycles. The molecule has 2 aromatic rings. The molecule has 2 heterocycles. The van der Waals surface area contributed by atoms with Gasteiger partial charge < -0.3 is 9.47 Å². The Morgan fingerprint density at radius 2 is 2.00 bits per heavy atom. The molecular formula is C15H13BrO3S. The van der Waals surface area contributed by atoms with Gasteiger partial charge in [0.25, 0.3) is 0 Å². The van der Waals surface area contributed by atoms with Crippen LogP contribution >= 0.6 is 27.3 Å². The monoisotopic (exact) mass is 352 g/mol. The van der Waals surface area contributed by atoms with E-state index in [1.807, 2.05) is 11.4 Å². The molecule has 3 rings (SSSR count). The first-order chi connectivity index (χ1) is 9.70. The molecule has 1 aromatic heterocycles. The van der Waals surface area contributed by atoms with Crippen molar-refractivity contribution in [2.45, 2.75) is 13.3 Å². The molecule has 0 unspecified atom stereocenters. The van der Waals surface area contributed by atoms with E-state index in [9.17, 15) is 4.79 Å². The topological polar surface area (TPSA) is 35.5 Å². The van der Waals surface area contributed by atoms with Crippen LogP contribution in [0.25, 0.3) is 0 Å². The van der Waals surface area contributed by atoms with E-state index in [4.69, 9.17) is 9.47 Å². The van der Waals surface area contributed by atoms with Crippen LogP contribution in [0.5, 0.6) is 11.5 Å². The lowest BCUT2D eigenvalue weighted by molar-refractivity contribution is 0.103. The van der Waals surface area contributed by atoms with Gasteiger partial charge in [-0.2, -0.15) is 0 Å². The van der Waals surface area contributed by atoms with E-state index in [0.717, 1.165) is 21.3 Å². The lowest BCUT2D eigenvalue weighted by atomic mass is 10.0. The summed E-state index contributed by atoms with van der Waals surface area (Å²) in [5.41, 5.74) is 1.70. The summed E-state index contributed by atoms with van der Waals surface area (Å²) in [5.74, 6) is 1.35. The summed E-state index contributed by atoms with van der Waals surface area (Å²) in [4.78, 5) is 13.5. The molecule has 0 amide bonds. The van der Waals surface area contributed by atoms with Crippen LogP contribution in [0.1, 0.15) is 27.7 Å². The Morgan fingerprint density at radius 3 is 2.70 bits per heavy atom. The largest absolute Gasteiger partial charge is 0.486 e. The molecule has 0 N–H and O–H groups in total. The Morgan fingerprint density at radius 1 is 1.30 bits per heavy atom. The first-order valence-electron chi connectivity index (χ1n) is 6.41. The SMILES string of the molecule is CCc1ccsc1C(=O)c1cc2c(cc1Br)OCCO2. The van der Waals surface area contributed by atoms with Crippen molar-refractivity contribution in [3.8, 4) is 11.5 Å². The molecule has 1 aliphatic rings. The molecule has 5 heteroatoms. The van der Waals surface area contributed by atoms with Gasteiger partial charge in [0.1, 0.15) is 13.2 Å². The Kier molecular flexibility index (Phi) is 3.81. The molecule has 0 radical (unpaired) electrons. The third-order valence-electron chi connectivity index (χ3n) is 3.21. The Bertz CT molecular complexity index is 663. The average molecular weight is 353 g/mol. The van der Waals surface area contributed by atoms with Crippen LogP contribution in [-0.4, -0.2) is 19.0 Å². The number of ether oxygens (including phenoxy) is 2. The summed E-state index contributed by atoms with van der Waals surface area (Å²) >= 11 is 4.94. The van der Waals surface area contributed by atoms with E-state index in [-0.39, 0.29) is 5.78 Å². The fraction of sp³-hybridized carbons (Fsp3) is 0.267. The van der Waals surface area contributed by atoms with Crippen molar-refractivity contribution >= 4 is 33.0 Å². The van der Waals surface area contributed by atoms with Crippen LogP contribution in [0.3, 0.4) is 0 Å². The van der Waals surface area contributed by atoms with Crippen LogP contribution in [0.2, 0.25) is 0 Å². The maximum atomic E-state index is 12.7. The Hall–Kier alpha value is -1.33. The smallest absolute Gasteiger partial charge is 0.204 e. The lowest BCUT2D eigenvalue weighted by Crippen LogP contribution is -2.16. The number of aryl methyl sites for hydroxylation is 1. The standard InChI is InChI=1S/C15H13BrO3S/c1-2-9-3-6-20-15(9)14(17)10-7-12-13(8-11(10)16)19-5-4-18-12/h3,6-8H,2,4-5H2,1H3. The molecule has 0 atom stereocenters. The van der Waals surface area contributed by atoms with Crippen LogP contribution < -0.4 is 9.47 Å². The minimum absolute atomic E-state index is 0.0284. The Labute approximate surface area is 129 Å². The summed E-state index contributed by atoms with van der Waals surface area (Å²) in [7, 11) is 0. The number of halogens is 1. The maximum Gasteiger partial charge on any atom is 0.204 e. The number of carbonyl (C=O) groups is 1. The number of hydrogen-bond acceptors (Lipinski definition) is 4. The summed E-state index contributed by atoms with van der Waals surface area (Å²) in [6.07, 6.45) is 0.854. The second-order valence-electron chi connectivity index (χ2n) is 4.43. The molecule has 104 valence electrons. The predicted molar refractivity (Wildman–Crippen MR) is 82.3 cm³/mol. The molecule has 1 aliphatic heterocycles. The quantitative estimate of drug-likeness (QED) is 0.781. The number of thiophene rings is 1. The molecule has 0 bridgehead atoms. The van der Waals surface area contributed by atoms with Crippen molar-refractivity contribution in [2.24, 2.45) is 0 Å². The highest BCUT2D eigenvalue weighted by Crippen LogP contribution is 2.37. The summed E-state index contributed by atoms with van der Waals surface area (Å²) < 4.78 is 11.8. The zero-order valence-electron chi connectivity index (χ0n) is 10.9. The number of rotatable bonds is 3. The van der Waals surface area contributed by atoms with E-state index in [0.29, 0.717) is 30.3 Å².